The number of hydrogen-bond acceptors (Lipinski definition) is 4. The Kier molecular flexibility index (Phi) is 3.29. The molecule has 0 N–H and O–H groups in total. The summed E-state index contributed by atoms with van der Waals surface area (Å²) in [5.41, 5.74) is -1.17. The van der Waals surface area contributed by atoms with Crippen LogP contribution in [0.3, 0.4) is 0 Å². The number of carbonyl (C=O) groups excluding carboxylic acids is 1. The number of benzene rings is 1. The number of ether oxygens (including phenoxy) is 2. The number of carbonyl (C=O) groups is 1. The average Bonchev–Trinajstić information content (AvgIpc) is 2.18. The van der Waals surface area contributed by atoms with Crippen molar-refractivity contribution in [2.45, 2.75) is 19.4 Å². The standard InChI is InChI=1S/C11H11NO3/c1-11(2,8-12)15-10(13)14-9-6-4-3-5-7-9/h3-7H,1-2H3. The van der Waals surface area contributed by atoms with E-state index in [-0.39, 0.29) is 0 Å². The normalized spacial score (nSPS) is 10.2. The molecule has 0 spiro atoms. The Labute approximate surface area is 88.0 Å². The van der Waals surface area contributed by atoms with Crippen LogP contribution in [0.15, 0.2) is 30.3 Å². The predicted molar refractivity (Wildman–Crippen MR) is 53.2 cm³/mol. The summed E-state index contributed by atoms with van der Waals surface area (Å²) in [7, 11) is 0. The molecule has 0 heterocycles. The second-order valence-corrected chi connectivity index (χ2v) is 3.39. The lowest BCUT2D eigenvalue weighted by molar-refractivity contribution is 0.0407. The smallest absolute Gasteiger partial charge is 0.413 e. The number of nitriles is 1. The van der Waals surface area contributed by atoms with Gasteiger partial charge in [0.25, 0.3) is 0 Å². The van der Waals surface area contributed by atoms with Crippen LogP contribution in [0.1, 0.15) is 13.8 Å². The number of hydrogen-bond donors (Lipinski definition) is 0. The zero-order valence-electron chi connectivity index (χ0n) is 8.56. The maximum absolute atomic E-state index is 11.2. The zero-order valence-corrected chi connectivity index (χ0v) is 8.56. The fourth-order valence-corrected chi connectivity index (χ4v) is 0.837. The van der Waals surface area contributed by atoms with E-state index in [1.165, 1.54) is 13.8 Å². The highest BCUT2D eigenvalue weighted by atomic mass is 16.7. The first-order valence-corrected chi connectivity index (χ1v) is 4.40. The molecule has 0 saturated heterocycles. The molecule has 0 aliphatic heterocycles. The molecule has 1 aromatic rings. The van der Waals surface area contributed by atoms with Crippen molar-refractivity contribution >= 4 is 6.16 Å². The first-order chi connectivity index (χ1) is 7.03. The highest BCUT2D eigenvalue weighted by Crippen LogP contribution is 2.13. The van der Waals surface area contributed by atoms with E-state index < -0.39 is 11.8 Å². The van der Waals surface area contributed by atoms with Gasteiger partial charge in [-0.05, 0) is 26.0 Å². The molecule has 0 unspecified atom stereocenters. The van der Waals surface area contributed by atoms with E-state index in [9.17, 15) is 4.79 Å². The van der Waals surface area contributed by atoms with E-state index in [1.807, 2.05) is 6.07 Å². The molecule has 0 fully saturated rings. The van der Waals surface area contributed by atoms with E-state index in [0.717, 1.165) is 0 Å². The van der Waals surface area contributed by atoms with E-state index in [2.05, 4.69) is 0 Å². The molecular weight excluding hydrogens is 194 g/mol. The van der Waals surface area contributed by atoms with Crippen LogP contribution in [-0.4, -0.2) is 11.8 Å². The minimum Gasteiger partial charge on any atom is -0.413 e. The van der Waals surface area contributed by atoms with Crippen LogP contribution in [0.2, 0.25) is 0 Å². The Bertz CT molecular complexity index is 379. The van der Waals surface area contributed by atoms with Gasteiger partial charge in [-0.2, -0.15) is 5.26 Å². The average molecular weight is 205 g/mol. The Morgan fingerprint density at radius 2 is 1.93 bits per heavy atom. The molecule has 4 heteroatoms. The number of para-hydroxylation sites is 1. The maximum Gasteiger partial charge on any atom is 0.515 e. The monoisotopic (exact) mass is 205 g/mol. The topological polar surface area (TPSA) is 59.3 Å². The van der Waals surface area contributed by atoms with Gasteiger partial charge < -0.3 is 9.47 Å². The SMILES string of the molecule is CC(C)(C#N)OC(=O)Oc1ccccc1. The zero-order chi connectivity index (χ0) is 11.3. The Morgan fingerprint density at radius 3 is 2.47 bits per heavy atom. The van der Waals surface area contributed by atoms with Gasteiger partial charge in [-0.25, -0.2) is 4.79 Å². The van der Waals surface area contributed by atoms with Crippen LogP contribution in [0, 0.1) is 11.3 Å². The van der Waals surface area contributed by atoms with Gasteiger partial charge in [-0.1, -0.05) is 18.2 Å². The molecule has 0 bridgehead atoms. The quantitative estimate of drug-likeness (QED) is 0.549. The number of rotatable bonds is 2. The second-order valence-electron chi connectivity index (χ2n) is 3.39. The third kappa shape index (κ3) is 3.69. The van der Waals surface area contributed by atoms with Crippen molar-refractivity contribution in [2.24, 2.45) is 0 Å². The Morgan fingerprint density at radius 1 is 1.33 bits per heavy atom. The fourth-order valence-electron chi connectivity index (χ4n) is 0.837. The molecule has 0 amide bonds. The summed E-state index contributed by atoms with van der Waals surface area (Å²) in [6, 6.07) is 10.4. The highest BCUT2D eigenvalue weighted by molar-refractivity contribution is 5.64. The summed E-state index contributed by atoms with van der Waals surface area (Å²) in [4.78, 5) is 11.2. The lowest BCUT2D eigenvalue weighted by Gasteiger charge is -2.15. The van der Waals surface area contributed by atoms with Gasteiger partial charge in [-0.3, -0.25) is 0 Å². The largest absolute Gasteiger partial charge is 0.515 e. The van der Waals surface area contributed by atoms with Crippen molar-refractivity contribution in [2.75, 3.05) is 0 Å². The molecule has 78 valence electrons. The van der Waals surface area contributed by atoms with Crippen molar-refractivity contribution < 1.29 is 14.3 Å². The van der Waals surface area contributed by atoms with Crippen molar-refractivity contribution in [3.05, 3.63) is 30.3 Å². The van der Waals surface area contributed by atoms with Gasteiger partial charge in [0.2, 0.25) is 0 Å². The highest BCUT2D eigenvalue weighted by Gasteiger charge is 2.23. The molecule has 0 atom stereocenters. The molecule has 15 heavy (non-hydrogen) atoms. The van der Waals surface area contributed by atoms with E-state index >= 15 is 0 Å². The molecule has 0 aliphatic carbocycles. The Balaban J connectivity index is 2.55. The summed E-state index contributed by atoms with van der Waals surface area (Å²) in [6.07, 6.45) is -0.882. The van der Waals surface area contributed by atoms with Crippen molar-refractivity contribution in [3.8, 4) is 11.8 Å². The van der Waals surface area contributed by atoms with Gasteiger partial charge in [0.1, 0.15) is 11.8 Å². The lowest BCUT2D eigenvalue weighted by atomic mass is 10.2. The minimum atomic E-state index is -1.17. The van der Waals surface area contributed by atoms with Gasteiger partial charge in [-0.15, -0.1) is 0 Å². The second kappa shape index (κ2) is 4.47. The molecule has 0 saturated carbocycles. The molecule has 0 radical (unpaired) electrons. The van der Waals surface area contributed by atoms with Crippen molar-refractivity contribution in [3.63, 3.8) is 0 Å². The summed E-state index contributed by atoms with van der Waals surface area (Å²) >= 11 is 0. The van der Waals surface area contributed by atoms with Crippen LogP contribution in [-0.2, 0) is 4.74 Å². The van der Waals surface area contributed by atoms with Crippen molar-refractivity contribution in [1.82, 2.24) is 0 Å². The molecule has 1 aromatic carbocycles. The van der Waals surface area contributed by atoms with E-state index in [0.29, 0.717) is 5.75 Å². The van der Waals surface area contributed by atoms with Crippen LogP contribution in [0.4, 0.5) is 4.79 Å². The molecule has 0 aromatic heterocycles. The van der Waals surface area contributed by atoms with Gasteiger partial charge in [0.05, 0.1) is 0 Å². The molecule has 1 rings (SSSR count). The first kappa shape index (κ1) is 11.1. The van der Waals surface area contributed by atoms with Gasteiger partial charge in [0, 0.05) is 0 Å². The van der Waals surface area contributed by atoms with Crippen LogP contribution in [0.25, 0.3) is 0 Å². The molecule has 0 aliphatic rings. The van der Waals surface area contributed by atoms with Gasteiger partial charge in [0.15, 0.2) is 5.60 Å². The minimum absolute atomic E-state index is 0.385. The Hall–Kier alpha value is -2.02. The predicted octanol–water partition coefficient (Wildman–Crippen LogP) is 2.50. The van der Waals surface area contributed by atoms with Crippen LogP contribution >= 0.6 is 0 Å². The van der Waals surface area contributed by atoms with Crippen LogP contribution < -0.4 is 4.74 Å². The first-order valence-electron chi connectivity index (χ1n) is 4.40. The number of nitrogens with zero attached hydrogens (tertiary/aromatic N) is 1. The third-order valence-electron chi connectivity index (χ3n) is 1.55. The fraction of sp³-hybridized carbons (Fsp3) is 0.273. The summed E-state index contributed by atoms with van der Waals surface area (Å²) in [6.45, 7) is 2.97. The summed E-state index contributed by atoms with van der Waals surface area (Å²) in [5.74, 6) is 0.385. The summed E-state index contributed by atoms with van der Waals surface area (Å²) < 4.78 is 9.61. The lowest BCUT2D eigenvalue weighted by Crippen LogP contribution is -2.27. The van der Waals surface area contributed by atoms with Crippen LogP contribution in [0.5, 0.6) is 5.75 Å². The molecular formula is C11H11NO3. The maximum atomic E-state index is 11.2. The molecule has 4 nitrogen and oxygen atoms in total. The van der Waals surface area contributed by atoms with E-state index in [4.69, 9.17) is 14.7 Å². The van der Waals surface area contributed by atoms with Gasteiger partial charge >= 0.3 is 6.16 Å². The third-order valence-corrected chi connectivity index (χ3v) is 1.55. The van der Waals surface area contributed by atoms with Crippen molar-refractivity contribution in [1.29, 1.82) is 5.26 Å². The van der Waals surface area contributed by atoms with E-state index in [1.54, 1.807) is 30.3 Å². The summed E-state index contributed by atoms with van der Waals surface area (Å²) in [5, 5.41) is 8.63.